The van der Waals surface area contributed by atoms with E-state index in [1.807, 2.05) is 18.0 Å². The maximum atomic E-state index is 10.5. The van der Waals surface area contributed by atoms with Crippen molar-refractivity contribution < 1.29 is 4.92 Å². The van der Waals surface area contributed by atoms with Gasteiger partial charge in [0, 0.05) is 22.5 Å². The number of aromatic nitrogens is 1. The van der Waals surface area contributed by atoms with E-state index in [-0.39, 0.29) is 11.5 Å². The number of rotatable bonds is 4. The van der Waals surface area contributed by atoms with Gasteiger partial charge in [0.25, 0.3) is 6.54 Å². The van der Waals surface area contributed by atoms with Crippen molar-refractivity contribution in [2.24, 2.45) is 5.10 Å². The minimum absolute atomic E-state index is 0.245. The quantitative estimate of drug-likeness (QED) is 0.623. The van der Waals surface area contributed by atoms with E-state index in [4.69, 9.17) is 0 Å². The zero-order valence-corrected chi connectivity index (χ0v) is 10.2. The Hall–Kier alpha value is -1.70. The van der Waals surface area contributed by atoms with Gasteiger partial charge in [0.2, 0.25) is 0 Å². The Balaban J connectivity index is 2.05. The van der Waals surface area contributed by atoms with Crippen molar-refractivity contribution in [3.05, 3.63) is 26.2 Å². The lowest BCUT2D eigenvalue weighted by molar-refractivity contribution is -0.464. The van der Waals surface area contributed by atoms with Gasteiger partial charge in [-0.25, -0.2) is 4.98 Å². The number of hydrogen-bond donors (Lipinski definition) is 1. The summed E-state index contributed by atoms with van der Waals surface area (Å²) < 4.78 is 0. The molecule has 0 spiro atoms. The van der Waals surface area contributed by atoms with Crippen LogP contribution in [0.3, 0.4) is 0 Å². The Morgan fingerprint density at radius 1 is 1.71 bits per heavy atom. The van der Waals surface area contributed by atoms with Gasteiger partial charge in [-0.3, -0.25) is 10.1 Å². The van der Waals surface area contributed by atoms with E-state index >= 15 is 0 Å². The fourth-order valence-electron chi connectivity index (χ4n) is 1.62. The molecule has 1 aromatic heterocycles. The van der Waals surface area contributed by atoms with Crippen LogP contribution in [0, 0.1) is 17.0 Å². The van der Waals surface area contributed by atoms with Crippen molar-refractivity contribution >= 4 is 17.2 Å². The van der Waals surface area contributed by atoms with Gasteiger partial charge in [0.1, 0.15) is 0 Å². The molecule has 1 aliphatic heterocycles. The molecule has 8 heteroatoms. The second-order valence-corrected chi connectivity index (χ2v) is 5.01. The first-order valence-corrected chi connectivity index (χ1v) is 6.04. The largest absolute Gasteiger partial charge is 0.346 e. The molecule has 1 aromatic rings. The van der Waals surface area contributed by atoms with Crippen LogP contribution in [0.1, 0.15) is 9.88 Å². The molecular weight excluding hydrogens is 242 g/mol. The SMILES string of the molecule is Cc1ncc(CN2CCNN=C2C[N+](=O)[O-])s1. The summed E-state index contributed by atoms with van der Waals surface area (Å²) in [6, 6.07) is 0. The fraction of sp³-hybridized carbons (Fsp3) is 0.556. The predicted molar refractivity (Wildman–Crippen MR) is 64.6 cm³/mol. The minimum Gasteiger partial charge on any atom is -0.346 e. The van der Waals surface area contributed by atoms with Crippen molar-refractivity contribution in [2.75, 3.05) is 19.6 Å². The van der Waals surface area contributed by atoms with Crippen molar-refractivity contribution in [2.45, 2.75) is 13.5 Å². The van der Waals surface area contributed by atoms with Gasteiger partial charge in [-0.1, -0.05) is 0 Å². The number of thiazole rings is 1. The van der Waals surface area contributed by atoms with E-state index in [1.165, 1.54) is 0 Å². The van der Waals surface area contributed by atoms with E-state index in [9.17, 15) is 10.1 Å². The van der Waals surface area contributed by atoms with E-state index < -0.39 is 0 Å². The van der Waals surface area contributed by atoms with Crippen LogP contribution in [0.5, 0.6) is 0 Å². The van der Waals surface area contributed by atoms with Crippen LogP contribution in [0.2, 0.25) is 0 Å². The van der Waals surface area contributed by atoms with Gasteiger partial charge in [-0.05, 0) is 6.92 Å². The molecule has 0 amide bonds. The molecule has 0 radical (unpaired) electrons. The molecule has 0 fully saturated rings. The monoisotopic (exact) mass is 255 g/mol. The van der Waals surface area contributed by atoms with E-state index in [0.29, 0.717) is 18.9 Å². The average molecular weight is 255 g/mol. The van der Waals surface area contributed by atoms with Crippen LogP contribution in [0.15, 0.2) is 11.3 Å². The molecule has 1 N–H and O–H groups in total. The highest BCUT2D eigenvalue weighted by Crippen LogP contribution is 2.15. The summed E-state index contributed by atoms with van der Waals surface area (Å²) in [6.45, 7) is 3.77. The summed E-state index contributed by atoms with van der Waals surface area (Å²) in [5.74, 6) is 0.479. The zero-order chi connectivity index (χ0) is 12.3. The number of nitrogens with zero attached hydrogens (tertiary/aromatic N) is 4. The van der Waals surface area contributed by atoms with Gasteiger partial charge >= 0.3 is 0 Å². The maximum absolute atomic E-state index is 10.5. The minimum atomic E-state index is -0.364. The molecule has 1 aliphatic rings. The second-order valence-electron chi connectivity index (χ2n) is 3.69. The highest BCUT2D eigenvalue weighted by Gasteiger charge is 2.20. The van der Waals surface area contributed by atoms with Crippen LogP contribution in [0.4, 0.5) is 0 Å². The number of hydrogen-bond acceptors (Lipinski definition) is 7. The molecule has 0 aromatic carbocycles. The van der Waals surface area contributed by atoms with Gasteiger partial charge in [0.05, 0.1) is 18.1 Å². The first-order valence-electron chi connectivity index (χ1n) is 5.22. The molecule has 0 atom stereocenters. The molecular formula is C9H13N5O2S. The highest BCUT2D eigenvalue weighted by atomic mass is 32.1. The first-order chi connectivity index (χ1) is 8.15. The van der Waals surface area contributed by atoms with Crippen LogP contribution in [-0.4, -0.2) is 40.3 Å². The lowest BCUT2D eigenvalue weighted by Gasteiger charge is -2.26. The van der Waals surface area contributed by atoms with Crippen molar-refractivity contribution in [1.82, 2.24) is 15.3 Å². The standard InChI is InChI=1S/C9H13N5O2S/c1-7-10-4-8(17-7)5-13-3-2-11-12-9(13)6-14(15)16/h4,11H,2-3,5-6H2,1H3. The Labute approximate surface area is 102 Å². The van der Waals surface area contributed by atoms with Crippen LogP contribution in [0.25, 0.3) is 0 Å². The number of aryl methyl sites for hydroxylation is 1. The van der Waals surface area contributed by atoms with E-state index in [1.54, 1.807) is 11.3 Å². The molecule has 7 nitrogen and oxygen atoms in total. The summed E-state index contributed by atoms with van der Waals surface area (Å²) in [7, 11) is 0. The van der Waals surface area contributed by atoms with Gasteiger partial charge in [-0.15, -0.1) is 11.3 Å². The molecule has 0 saturated carbocycles. The third-order valence-corrected chi connectivity index (χ3v) is 3.25. The summed E-state index contributed by atoms with van der Waals surface area (Å²) in [6.07, 6.45) is 1.81. The Bertz CT molecular complexity index is 444. The molecule has 0 unspecified atom stereocenters. The third-order valence-electron chi connectivity index (χ3n) is 2.35. The summed E-state index contributed by atoms with van der Waals surface area (Å²) in [5.41, 5.74) is 2.79. The van der Waals surface area contributed by atoms with Crippen LogP contribution in [-0.2, 0) is 6.54 Å². The normalized spacial score (nSPS) is 15.4. The molecule has 0 saturated heterocycles. The van der Waals surface area contributed by atoms with Crippen molar-refractivity contribution in [1.29, 1.82) is 0 Å². The van der Waals surface area contributed by atoms with Gasteiger partial charge in [0.15, 0.2) is 5.84 Å². The summed E-state index contributed by atoms with van der Waals surface area (Å²) >= 11 is 1.60. The zero-order valence-electron chi connectivity index (χ0n) is 9.42. The van der Waals surface area contributed by atoms with E-state index in [2.05, 4.69) is 15.5 Å². The molecule has 2 heterocycles. The van der Waals surface area contributed by atoms with E-state index in [0.717, 1.165) is 16.4 Å². The predicted octanol–water partition coefficient (Wildman–Crippen LogP) is 0.447. The number of nitrogens with one attached hydrogen (secondary N) is 1. The van der Waals surface area contributed by atoms with Crippen LogP contribution < -0.4 is 5.43 Å². The number of hydrazone groups is 1. The Morgan fingerprint density at radius 2 is 2.53 bits per heavy atom. The second kappa shape index (κ2) is 5.09. The van der Waals surface area contributed by atoms with Crippen molar-refractivity contribution in [3.8, 4) is 0 Å². The molecule has 0 aliphatic carbocycles. The summed E-state index contributed by atoms with van der Waals surface area (Å²) in [5, 5.41) is 15.5. The third kappa shape index (κ3) is 3.13. The topological polar surface area (TPSA) is 83.7 Å². The molecule has 2 rings (SSSR count). The molecule has 92 valence electrons. The Morgan fingerprint density at radius 3 is 3.18 bits per heavy atom. The highest BCUT2D eigenvalue weighted by molar-refractivity contribution is 7.11. The van der Waals surface area contributed by atoms with Gasteiger partial charge in [-0.2, -0.15) is 5.10 Å². The first kappa shape index (κ1) is 11.8. The van der Waals surface area contributed by atoms with Crippen molar-refractivity contribution in [3.63, 3.8) is 0 Å². The Kier molecular flexibility index (Phi) is 3.52. The van der Waals surface area contributed by atoms with Crippen LogP contribution >= 0.6 is 11.3 Å². The number of nitro groups is 1. The smallest absolute Gasteiger partial charge is 0.262 e. The van der Waals surface area contributed by atoms with Gasteiger partial charge < -0.3 is 10.3 Å². The lowest BCUT2D eigenvalue weighted by atomic mass is 10.3. The average Bonchev–Trinajstić information content (AvgIpc) is 2.66. The maximum Gasteiger partial charge on any atom is 0.262 e. The molecule has 0 bridgehead atoms. The fourth-order valence-corrected chi connectivity index (χ4v) is 2.43. The summed E-state index contributed by atoms with van der Waals surface area (Å²) in [4.78, 5) is 17.4. The number of amidine groups is 1. The lowest BCUT2D eigenvalue weighted by Crippen LogP contribution is -2.44. The molecule has 17 heavy (non-hydrogen) atoms.